The highest BCUT2D eigenvalue weighted by molar-refractivity contribution is 5.90. The van der Waals surface area contributed by atoms with Gasteiger partial charge in [0.05, 0.1) is 0 Å². The summed E-state index contributed by atoms with van der Waals surface area (Å²) < 4.78 is 6.55. The number of nitrogens with zero attached hydrogens (tertiary/aromatic N) is 2. The van der Waals surface area contributed by atoms with Crippen LogP contribution in [0.4, 0.5) is 0 Å². The van der Waals surface area contributed by atoms with Gasteiger partial charge in [-0.15, -0.1) is 0 Å². The van der Waals surface area contributed by atoms with E-state index in [0.29, 0.717) is 0 Å². The predicted octanol–water partition coefficient (Wildman–Crippen LogP) is 1.27. The molecule has 18 heavy (non-hydrogen) atoms. The van der Waals surface area contributed by atoms with Gasteiger partial charge in [0, 0.05) is 19.4 Å². The van der Waals surface area contributed by atoms with E-state index in [0.717, 1.165) is 0 Å². The normalized spacial score (nSPS) is 10.1. The topological polar surface area (TPSA) is 81.4 Å². The fourth-order valence-corrected chi connectivity index (χ4v) is 1.38. The molecule has 0 aliphatic carbocycles. The van der Waals surface area contributed by atoms with E-state index in [2.05, 4.69) is 4.98 Å². The summed E-state index contributed by atoms with van der Waals surface area (Å²) in [4.78, 5) is 26.4. The minimum absolute atomic E-state index is 0.0230. The summed E-state index contributed by atoms with van der Waals surface area (Å²) >= 11 is 0. The van der Waals surface area contributed by atoms with Crippen LogP contribution < -0.4 is 10.3 Å². The van der Waals surface area contributed by atoms with Gasteiger partial charge in [-0.2, -0.15) is 0 Å². The Kier molecular flexibility index (Phi) is 3.09. The Bertz CT molecular complexity index is 649. The van der Waals surface area contributed by atoms with Crippen LogP contribution in [0.25, 0.3) is 0 Å². The maximum absolute atomic E-state index is 11.7. The second-order valence-electron chi connectivity index (χ2n) is 3.55. The van der Waals surface area contributed by atoms with Crippen molar-refractivity contribution in [2.45, 2.75) is 0 Å². The van der Waals surface area contributed by atoms with E-state index in [-0.39, 0.29) is 17.2 Å². The summed E-state index contributed by atoms with van der Waals surface area (Å²) in [5.74, 6) is -1.20. The average Bonchev–Trinajstić information content (AvgIpc) is 2.35. The van der Waals surface area contributed by atoms with Gasteiger partial charge in [0.15, 0.2) is 0 Å². The lowest BCUT2D eigenvalue weighted by molar-refractivity contribution is 0.0694. The molecule has 0 radical (unpaired) electrons. The lowest BCUT2D eigenvalue weighted by Gasteiger charge is -2.07. The first kappa shape index (κ1) is 11.8. The average molecular weight is 246 g/mol. The van der Waals surface area contributed by atoms with Gasteiger partial charge in [-0.05, 0) is 12.1 Å². The standard InChI is InChI=1S/C12H10N2O4/c1-14-7-6-13-10(11(14)15)18-9-5-3-2-4-8(9)12(16)17/h2-7H,1H3,(H,16,17). The Labute approximate surface area is 102 Å². The van der Waals surface area contributed by atoms with Crippen molar-refractivity contribution in [3.8, 4) is 11.6 Å². The van der Waals surface area contributed by atoms with Crippen molar-refractivity contribution in [1.82, 2.24) is 9.55 Å². The Morgan fingerprint density at radius 1 is 1.39 bits per heavy atom. The first-order valence-corrected chi connectivity index (χ1v) is 5.11. The van der Waals surface area contributed by atoms with E-state index in [4.69, 9.17) is 9.84 Å². The second kappa shape index (κ2) is 4.70. The summed E-state index contributed by atoms with van der Waals surface area (Å²) in [5.41, 5.74) is -0.456. The summed E-state index contributed by atoms with van der Waals surface area (Å²) in [5, 5.41) is 8.98. The van der Waals surface area contributed by atoms with Crippen LogP contribution in [0.5, 0.6) is 11.6 Å². The molecule has 92 valence electrons. The van der Waals surface area contributed by atoms with Crippen molar-refractivity contribution in [1.29, 1.82) is 0 Å². The molecule has 0 spiro atoms. The molecular formula is C12H10N2O4. The van der Waals surface area contributed by atoms with Crippen molar-refractivity contribution < 1.29 is 14.6 Å². The van der Waals surface area contributed by atoms with E-state index < -0.39 is 11.5 Å². The maximum Gasteiger partial charge on any atom is 0.339 e. The van der Waals surface area contributed by atoms with Crippen molar-refractivity contribution in [2.75, 3.05) is 0 Å². The number of benzene rings is 1. The third-order valence-electron chi connectivity index (χ3n) is 2.31. The number of carbonyl (C=O) groups is 1. The van der Waals surface area contributed by atoms with Gasteiger partial charge in [-0.1, -0.05) is 12.1 Å². The fraction of sp³-hybridized carbons (Fsp3) is 0.0833. The number of ether oxygens (including phenoxy) is 1. The van der Waals surface area contributed by atoms with Crippen LogP contribution in [0.2, 0.25) is 0 Å². The number of para-hydroxylation sites is 1. The van der Waals surface area contributed by atoms with Gasteiger partial charge < -0.3 is 14.4 Å². The Balaban J connectivity index is 2.44. The first-order chi connectivity index (χ1) is 8.59. The minimum Gasteiger partial charge on any atom is -0.478 e. The van der Waals surface area contributed by atoms with E-state index in [1.54, 1.807) is 19.2 Å². The molecule has 0 saturated carbocycles. The van der Waals surface area contributed by atoms with E-state index in [1.165, 1.54) is 29.1 Å². The number of aromatic carboxylic acids is 1. The molecule has 1 aromatic carbocycles. The molecule has 0 unspecified atom stereocenters. The lowest BCUT2D eigenvalue weighted by atomic mass is 10.2. The van der Waals surface area contributed by atoms with E-state index in [1.807, 2.05) is 0 Å². The van der Waals surface area contributed by atoms with Gasteiger partial charge in [-0.3, -0.25) is 4.79 Å². The number of rotatable bonds is 3. The quantitative estimate of drug-likeness (QED) is 0.881. The zero-order valence-electron chi connectivity index (χ0n) is 9.53. The van der Waals surface area contributed by atoms with Crippen LogP contribution in [-0.4, -0.2) is 20.6 Å². The molecular weight excluding hydrogens is 236 g/mol. The van der Waals surface area contributed by atoms with Crippen LogP contribution in [0.15, 0.2) is 41.5 Å². The summed E-state index contributed by atoms with van der Waals surface area (Å²) in [6.07, 6.45) is 2.89. The second-order valence-corrected chi connectivity index (χ2v) is 3.55. The number of aromatic nitrogens is 2. The molecule has 0 fully saturated rings. The van der Waals surface area contributed by atoms with Gasteiger partial charge >= 0.3 is 11.5 Å². The third kappa shape index (κ3) is 2.22. The Morgan fingerprint density at radius 2 is 2.11 bits per heavy atom. The summed E-state index contributed by atoms with van der Waals surface area (Å²) in [6.45, 7) is 0. The van der Waals surface area contributed by atoms with Crippen LogP contribution in [0.3, 0.4) is 0 Å². The number of hydrogen-bond acceptors (Lipinski definition) is 4. The van der Waals surface area contributed by atoms with Crippen LogP contribution in [0.1, 0.15) is 10.4 Å². The SMILES string of the molecule is Cn1ccnc(Oc2ccccc2C(=O)O)c1=O. The molecule has 6 nitrogen and oxygen atoms in total. The van der Waals surface area contributed by atoms with Crippen molar-refractivity contribution in [2.24, 2.45) is 7.05 Å². The van der Waals surface area contributed by atoms with Crippen LogP contribution in [-0.2, 0) is 7.05 Å². The number of hydrogen-bond donors (Lipinski definition) is 1. The van der Waals surface area contributed by atoms with Gasteiger partial charge in [-0.25, -0.2) is 9.78 Å². The molecule has 2 rings (SSSR count). The third-order valence-corrected chi connectivity index (χ3v) is 2.31. The molecule has 1 aromatic heterocycles. The number of carboxylic acids is 1. The zero-order valence-corrected chi connectivity index (χ0v) is 9.53. The number of aryl methyl sites for hydroxylation is 1. The summed E-state index contributed by atoms with van der Waals surface area (Å²) in [7, 11) is 1.56. The molecule has 0 atom stereocenters. The number of carboxylic acid groups (broad SMARTS) is 1. The van der Waals surface area contributed by atoms with Gasteiger partial charge in [0.2, 0.25) is 0 Å². The molecule has 0 aliphatic rings. The monoisotopic (exact) mass is 246 g/mol. The minimum atomic E-state index is -1.13. The molecule has 6 heteroatoms. The highest BCUT2D eigenvalue weighted by atomic mass is 16.5. The predicted molar refractivity (Wildman–Crippen MR) is 63.0 cm³/mol. The van der Waals surface area contributed by atoms with Gasteiger partial charge in [0.25, 0.3) is 5.88 Å². The highest BCUT2D eigenvalue weighted by Crippen LogP contribution is 2.21. The largest absolute Gasteiger partial charge is 0.478 e. The van der Waals surface area contributed by atoms with Crippen molar-refractivity contribution >= 4 is 5.97 Å². The fourth-order valence-electron chi connectivity index (χ4n) is 1.38. The Hall–Kier alpha value is -2.63. The molecule has 0 amide bonds. The Morgan fingerprint density at radius 3 is 2.83 bits per heavy atom. The molecule has 1 N–H and O–H groups in total. The van der Waals surface area contributed by atoms with E-state index >= 15 is 0 Å². The molecule has 2 aromatic rings. The zero-order chi connectivity index (χ0) is 13.1. The lowest BCUT2D eigenvalue weighted by Crippen LogP contribution is -2.18. The van der Waals surface area contributed by atoms with Crippen LogP contribution in [0, 0.1) is 0 Å². The molecule has 0 bridgehead atoms. The van der Waals surface area contributed by atoms with Crippen LogP contribution >= 0.6 is 0 Å². The van der Waals surface area contributed by atoms with Crippen molar-refractivity contribution in [3.05, 3.63) is 52.6 Å². The smallest absolute Gasteiger partial charge is 0.339 e. The highest BCUT2D eigenvalue weighted by Gasteiger charge is 2.13. The van der Waals surface area contributed by atoms with Crippen molar-refractivity contribution in [3.63, 3.8) is 0 Å². The maximum atomic E-state index is 11.7. The summed E-state index contributed by atoms with van der Waals surface area (Å²) in [6, 6.07) is 6.06. The first-order valence-electron chi connectivity index (χ1n) is 5.11. The molecule has 0 aliphatic heterocycles. The van der Waals surface area contributed by atoms with Gasteiger partial charge in [0.1, 0.15) is 11.3 Å². The molecule has 0 saturated heterocycles. The molecule has 1 heterocycles. The van der Waals surface area contributed by atoms with E-state index in [9.17, 15) is 9.59 Å².